The van der Waals surface area contributed by atoms with Gasteiger partial charge < -0.3 is 19.7 Å². The number of anilines is 1. The number of rotatable bonds is 8. The second-order valence-corrected chi connectivity index (χ2v) is 9.69. The first kappa shape index (κ1) is 27.7. The van der Waals surface area contributed by atoms with E-state index in [0.717, 1.165) is 37.1 Å². The van der Waals surface area contributed by atoms with Gasteiger partial charge in [0.15, 0.2) is 11.5 Å². The smallest absolute Gasteiger partial charge is 0.266 e. The van der Waals surface area contributed by atoms with Crippen molar-refractivity contribution >= 4 is 35.2 Å². The molecule has 39 heavy (non-hydrogen) atoms. The third-order valence-electron chi connectivity index (χ3n) is 6.62. The van der Waals surface area contributed by atoms with Crippen molar-refractivity contribution in [2.24, 2.45) is 0 Å². The molecule has 4 rings (SSSR count). The fourth-order valence-electron chi connectivity index (χ4n) is 4.33. The molecule has 2 amide bonds. The summed E-state index contributed by atoms with van der Waals surface area (Å²) in [6.07, 6.45) is 4.78. The standard InChI is InChI=1S/C31H30ClN3O4/c1-21-26(32)7-6-8-27(21)34-30(36)25(19-33)17-23-11-14-28(29(18-23)38-2)39-20-22-9-12-24(13-10-22)31(37)35-15-4-3-5-16-35/h6-14,17-18H,3-5,15-16,20H2,1-2H3,(H,34,36)/b25-17-. The molecule has 3 aromatic carbocycles. The number of methoxy groups -OCH3 is 1. The molecule has 1 fully saturated rings. The Morgan fingerprint density at radius 2 is 1.79 bits per heavy atom. The van der Waals surface area contributed by atoms with Gasteiger partial charge in [0.2, 0.25) is 0 Å². The van der Waals surface area contributed by atoms with Crippen molar-refractivity contribution in [3.8, 4) is 17.6 Å². The number of benzene rings is 3. The second-order valence-electron chi connectivity index (χ2n) is 9.29. The molecule has 0 saturated carbocycles. The molecule has 7 nitrogen and oxygen atoms in total. The lowest BCUT2D eigenvalue weighted by Crippen LogP contribution is -2.35. The van der Waals surface area contributed by atoms with Gasteiger partial charge in [0.05, 0.1) is 7.11 Å². The number of hydrogen-bond acceptors (Lipinski definition) is 5. The number of amides is 2. The van der Waals surface area contributed by atoms with Crippen LogP contribution < -0.4 is 14.8 Å². The molecule has 0 aliphatic carbocycles. The maximum Gasteiger partial charge on any atom is 0.266 e. The van der Waals surface area contributed by atoms with E-state index < -0.39 is 5.91 Å². The molecule has 1 N–H and O–H groups in total. The highest BCUT2D eigenvalue weighted by molar-refractivity contribution is 6.31. The molecule has 0 spiro atoms. The van der Waals surface area contributed by atoms with Gasteiger partial charge in [-0.2, -0.15) is 5.26 Å². The number of piperidine rings is 1. The number of nitrogens with one attached hydrogen (secondary N) is 1. The van der Waals surface area contributed by atoms with Crippen molar-refractivity contribution in [1.82, 2.24) is 4.90 Å². The Labute approximate surface area is 233 Å². The van der Waals surface area contributed by atoms with E-state index in [0.29, 0.717) is 33.3 Å². The number of ether oxygens (including phenoxy) is 2. The zero-order valence-corrected chi connectivity index (χ0v) is 22.8. The summed E-state index contributed by atoms with van der Waals surface area (Å²) in [5.41, 5.74) is 3.39. The fraction of sp³-hybridized carbons (Fsp3) is 0.258. The maximum absolute atomic E-state index is 12.7. The van der Waals surface area contributed by atoms with E-state index in [1.54, 1.807) is 43.3 Å². The summed E-state index contributed by atoms with van der Waals surface area (Å²) >= 11 is 6.13. The second kappa shape index (κ2) is 13.0. The van der Waals surface area contributed by atoms with Crippen LogP contribution in [0, 0.1) is 18.3 Å². The van der Waals surface area contributed by atoms with Gasteiger partial charge in [0, 0.05) is 29.4 Å². The molecule has 0 unspecified atom stereocenters. The van der Waals surface area contributed by atoms with E-state index in [2.05, 4.69) is 5.32 Å². The van der Waals surface area contributed by atoms with Crippen LogP contribution in [-0.2, 0) is 11.4 Å². The van der Waals surface area contributed by atoms with Crippen LogP contribution in [-0.4, -0.2) is 36.9 Å². The van der Waals surface area contributed by atoms with Crippen LogP contribution in [0.4, 0.5) is 5.69 Å². The van der Waals surface area contributed by atoms with E-state index in [-0.39, 0.29) is 18.1 Å². The average Bonchev–Trinajstić information content (AvgIpc) is 2.97. The van der Waals surface area contributed by atoms with Crippen molar-refractivity contribution < 1.29 is 19.1 Å². The van der Waals surface area contributed by atoms with Crippen LogP contribution in [0.3, 0.4) is 0 Å². The van der Waals surface area contributed by atoms with Gasteiger partial charge in [-0.05, 0) is 85.4 Å². The van der Waals surface area contributed by atoms with Crippen LogP contribution in [0.25, 0.3) is 6.08 Å². The molecule has 1 saturated heterocycles. The summed E-state index contributed by atoms with van der Waals surface area (Å²) in [4.78, 5) is 27.3. The van der Waals surface area contributed by atoms with Gasteiger partial charge in [-0.15, -0.1) is 0 Å². The number of carbonyl (C=O) groups is 2. The Balaban J connectivity index is 1.41. The van der Waals surface area contributed by atoms with Crippen molar-refractivity contribution in [2.45, 2.75) is 32.8 Å². The Hall–Kier alpha value is -4.28. The highest BCUT2D eigenvalue weighted by Crippen LogP contribution is 2.30. The molecule has 1 aliphatic rings. The van der Waals surface area contributed by atoms with Crippen molar-refractivity contribution in [3.63, 3.8) is 0 Å². The van der Waals surface area contributed by atoms with Gasteiger partial charge in [0.1, 0.15) is 18.2 Å². The number of nitrogens with zero attached hydrogens (tertiary/aromatic N) is 2. The Bertz CT molecular complexity index is 1420. The van der Waals surface area contributed by atoms with E-state index in [9.17, 15) is 14.9 Å². The van der Waals surface area contributed by atoms with Crippen molar-refractivity contribution in [1.29, 1.82) is 5.26 Å². The number of halogens is 1. The number of hydrogen-bond donors (Lipinski definition) is 1. The third-order valence-corrected chi connectivity index (χ3v) is 7.03. The number of carbonyl (C=O) groups excluding carboxylic acids is 2. The zero-order valence-electron chi connectivity index (χ0n) is 22.0. The maximum atomic E-state index is 12.7. The summed E-state index contributed by atoms with van der Waals surface area (Å²) in [5, 5.41) is 12.9. The zero-order chi connectivity index (χ0) is 27.8. The third kappa shape index (κ3) is 6.98. The predicted molar refractivity (Wildman–Crippen MR) is 152 cm³/mol. The summed E-state index contributed by atoms with van der Waals surface area (Å²) in [6.45, 7) is 3.71. The average molecular weight is 544 g/mol. The first-order chi connectivity index (χ1) is 18.9. The van der Waals surface area contributed by atoms with Crippen LogP contribution in [0.15, 0.2) is 66.2 Å². The SMILES string of the molecule is COc1cc(/C=C(/C#N)C(=O)Nc2cccc(Cl)c2C)ccc1OCc1ccc(C(=O)N2CCCCC2)cc1. The van der Waals surface area contributed by atoms with Crippen LogP contribution in [0.5, 0.6) is 11.5 Å². The van der Waals surface area contributed by atoms with E-state index in [1.165, 1.54) is 19.6 Å². The molecule has 3 aromatic rings. The van der Waals surface area contributed by atoms with E-state index >= 15 is 0 Å². The highest BCUT2D eigenvalue weighted by atomic mass is 35.5. The highest BCUT2D eigenvalue weighted by Gasteiger charge is 2.18. The normalized spacial score (nSPS) is 13.4. The van der Waals surface area contributed by atoms with Gasteiger partial charge in [-0.25, -0.2) is 0 Å². The molecule has 1 heterocycles. The Morgan fingerprint density at radius 1 is 1.05 bits per heavy atom. The Morgan fingerprint density at radius 3 is 2.49 bits per heavy atom. The summed E-state index contributed by atoms with van der Waals surface area (Å²) in [5.74, 6) is 0.509. The van der Waals surface area contributed by atoms with Crippen LogP contribution in [0.2, 0.25) is 5.02 Å². The minimum atomic E-state index is -0.538. The van der Waals surface area contributed by atoms with Crippen molar-refractivity contribution in [3.05, 3.63) is 93.5 Å². The molecule has 1 aliphatic heterocycles. The van der Waals surface area contributed by atoms with Gasteiger partial charge in [-0.3, -0.25) is 9.59 Å². The first-order valence-corrected chi connectivity index (χ1v) is 13.1. The molecule has 0 bridgehead atoms. The first-order valence-electron chi connectivity index (χ1n) is 12.8. The summed E-state index contributed by atoms with van der Waals surface area (Å²) in [6, 6.07) is 19.8. The minimum Gasteiger partial charge on any atom is -0.493 e. The molecule has 200 valence electrons. The molecular weight excluding hydrogens is 514 g/mol. The number of likely N-dealkylation sites (tertiary alicyclic amines) is 1. The monoisotopic (exact) mass is 543 g/mol. The molecule has 0 radical (unpaired) electrons. The summed E-state index contributed by atoms with van der Waals surface area (Å²) < 4.78 is 11.5. The lowest BCUT2D eigenvalue weighted by atomic mass is 10.1. The quantitative estimate of drug-likeness (QED) is 0.262. The lowest BCUT2D eigenvalue weighted by molar-refractivity contribution is -0.112. The fourth-order valence-corrected chi connectivity index (χ4v) is 4.50. The van der Waals surface area contributed by atoms with Crippen LogP contribution in [0.1, 0.15) is 46.3 Å². The van der Waals surface area contributed by atoms with Gasteiger partial charge >= 0.3 is 0 Å². The minimum absolute atomic E-state index is 0.0655. The molecule has 0 aromatic heterocycles. The molecule has 8 heteroatoms. The number of nitriles is 1. The van der Waals surface area contributed by atoms with E-state index in [1.807, 2.05) is 35.2 Å². The predicted octanol–water partition coefficient (Wildman–Crippen LogP) is 6.41. The largest absolute Gasteiger partial charge is 0.493 e. The molecular formula is C31H30ClN3O4. The van der Waals surface area contributed by atoms with Gasteiger partial charge in [-0.1, -0.05) is 35.9 Å². The summed E-state index contributed by atoms with van der Waals surface area (Å²) in [7, 11) is 1.52. The van der Waals surface area contributed by atoms with Gasteiger partial charge in [0.25, 0.3) is 11.8 Å². The van der Waals surface area contributed by atoms with Crippen molar-refractivity contribution in [2.75, 3.05) is 25.5 Å². The van der Waals surface area contributed by atoms with Crippen LogP contribution >= 0.6 is 11.6 Å². The lowest BCUT2D eigenvalue weighted by Gasteiger charge is -2.26. The Kier molecular flexibility index (Phi) is 9.24. The topological polar surface area (TPSA) is 91.7 Å². The molecule has 0 atom stereocenters. The van der Waals surface area contributed by atoms with E-state index in [4.69, 9.17) is 21.1 Å².